The second kappa shape index (κ2) is 7.47. The minimum absolute atomic E-state index is 0.151. The Bertz CT molecular complexity index is 441. The summed E-state index contributed by atoms with van der Waals surface area (Å²) in [5, 5.41) is 9.91. The lowest BCUT2D eigenvalue weighted by atomic mass is 9.85. The van der Waals surface area contributed by atoms with Gasteiger partial charge in [0.05, 0.1) is 0 Å². The highest BCUT2D eigenvalue weighted by atomic mass is 16.3. The number of carbonyl (C=O) groups excluding carboxylic acids is 1. The Kier molecular flexibility index (Phi) is 6.25. The summed E-state index contributed by atoms with van der Waals surface area (Å²) in [6.45, 7) is 8.32. The van der Waals surface area contributed by atoms with E-state index >= 15 is 0 Å². The van der Waals surface area contributed by atoms with Gasteiger partial charge in [-0.05, 0) is 35.6 Å². The maximum atomic E-state index is 12.2. The molecule has 2 heteroatoms. The van der Waals surface area contributed by atoms with Crippen molar-refractivity contribution in [2.75, 3.05) is 0 Å². The van der Waals surface area contributed by atoms with E-state index in [9.17, 15) is 9.90 Å². The van der Waals surface area contributed by atoms with Crippen molar-refractivity contribution in [3.05, 3.63) is 29.3 Å². The van der Waals surface area contributed by atoms with E-state index in [1.165, 1.54) is 19.3 Å². The molecule has 1 aromatic carbocycles. The Morgan fingerprint density at radius 2 is 1.75 bits per heavy atom. The van der Waals surface area contributed by atoms with Gasteiger partial charge in [0.1, 0.15) is 5.75 Å². The van der Waals surface area contributed by atoms with Crippen molar-refractivity contribution in [3.63, 3.8) is 0 Å². The first-order valence-electron chi connectivity index (χ1n) is 7.73. The lowest BCUT2D eigenvalue weighted by molar-refractivity contribution is 0.0979. The number of aromatic hydroxyl groups is 1. The van der Waals surface area contributed by atoms with Crippen molar-refractivity contribution in [2.45, 2.75) is 71.6 Å². The summed E-state index contributed by atoms with van der Waals surface area (Å²) in [7, 11) is 0. The molecule has 0 aromatic heterocycles. The smallest absolute Gasteiger partial charge is 0.162 e. The molecule has 1 N–H and O–H groups in total. The predicted octanol–water partition coefficient (Wildman–Crippen LogP) is 5.23. The van der Waals surface area contributed by atoms with Gasteiger partial charge in [0.2, 0.25) is 0 Å². The van der Waals surface area contributed by atoms with Gasteiger partial charge in [0, 0.05) is 12.0 Å². The summed E-state index contributed by atoms with van der Waals surface area (Å²) in [5.74, 6) is 0.462. The van der Waals surface area contributed by atoms with Gasteiger partial charge in [0.25, 0.3) is 0 Å². The monoisotopic (exact) mass is 276 g/mol. The van der Waals surface area contributed by atoms with Gasteiger partial charge in [0.15, 0.2) is 5.78 Å². The third-order valence-electron chi connectivity index (χ3n) is 3.63. The number of ketones is 1. The Hall–Kier alpha value is -1.31. The van der Waals surface area contributed by atoms with Crippen molar-refractivity contribution < 1.29 is 9.90 Å². The van der Waals surface area contributed by atoms with Gasteiger partial charge in [-0.15, -0.1) is 0 Å². The van der Waals surface area contributed by atoms with E-state index in [0.717, 1.165) is 24.0 Å². The molecule has 0 fully saturated rings. The fraction of sp³-hybridized carbons (Fsp3) is 0.611. The van der Waals surface area contributed by atoms with Crippen LogP contribution in [-0.4, -0.2) is 10.9 Å². The fourth-order valence-electron chi connectivity index (χ4n) is 2.34. The third-order valence-corrected chi connectivity index (χ3v) is 3.63. The second-order valence-electron chi connectivity index (χ2n) is 6.57. The third kappa shape index (κ3) is 4.99. The number of rotatable bonds is 7. The Balaban J connectivity index is 2.65. The summed E-state index contributed by atoms with van der Waals surface area (Å²) in [6.07, 6.45) is 6.39. The molecule has 1 aromatic rings. The minimum atomic E-state index is -0.151. The molecule has 0 aliphatic carbocycles. The van der Waals surface area contributed by atoms with E-state index in [2.05, 4.69) is 6.92 Å². The molecule has 0 unspecified atom stereocenters. The number of Topliss-reactive ketones (excluding diaryl/α,β-unsaturated/α-hetero) is 1. The molecule has 0 saturated heterocycles. The number of hydrogen-bond donors (Lipinski definition) is 1. The van der Waals surface area contributed by atoms with Crippen LogP contribution >= 0.6 is 0 Å². The molecule has 1 rings (SSSR count). The lowest BCUT2D eigenvalue weighted by Crippen LogP contribution is -2.12. The Morgan fingerprint density at radius 1 is 1.10 bits per heavy atom. The molecular weight excluding hydrogens is 248 g/mol. The average Bonchev–Trinajstić information content (AvgIpc) is 2.37. The molecule has 20 heavy (non-hydrogen) atoms. The van der Waals surface area contributed by atoms with Crippen molar-refractivity contribution in [1.29, 1.82) is 0 Å². The van der Waals surface area contributed by atoms with Gasteiger partial charge in [-0.1, -0.05) is 53.4 Å². The first kappa shape index (κ1) is 16.7. The predicted molar refractivity (Wildman–Crippen MR) is 84.5 cm³/mol. The Morgan fingerprint density at radius 3 is 2.35 bits per heavy atom. The number of benzene rings is 1. The summed E-state index contributed by atoms with van der Waals surface area (Å²) in [5.41, 5.74) is 1.42. The van der Waals surface area contributed by atoms with Gasteiger partial charge in [-0.2, -0.15) is 0 Å². The molecule has 0 aliphatic rings. The summed E-state index contributed by atoms with van der Waals surface area (Å²) >= 11 is 0. The number of hydrogen-bond acceptors (Lipinski definition) is 2. The van der Waals surface area contributed by atoms with Crippen molar-refractivity contribution in [3.8, 4) is 5.75 Å². The maximum absolute atomic E-state index is 12.2. The highest BCUT2D eigenvalue weighted by Crippen LogP contribution is 2.31. The zero-order valence-corrected chi connectivity index (χ0v) is 13.3. The lowest BCUT2D eigenvalue weighted by Gasteiger charge is -2.21. The van der Waals surface area contributed by atoms with Crippen molar-refractivity contribution >= 4 is 5.78 Å². The molecule has 0 saturated carbocycles. The van der Waals surface area contributed by atoms with Crippen LogP contribution in [0.15, 0.2) is 18.2 Å². The van der Waals surface area contributed by atoms with Crippen LogP contribution in [0.3, 0.4) is 0 Å². The highest BCUT2D eigenvalue weighted by molar-refractivity contribution is 5.96. The van der Waals surface area contributed by atoms with Crippen LogP contribution in [0.25, 0.3) is 0 Å². The zero-order valence-electron chi connectivity index (χ0n) is 13.3. The van der Waals surface area contributed by atoms with E-state index < -0.39 is 0 Å². The molecule has 0 bridgehead atoms. The number of phenols is 1. The molecule has 0 heterocycles. The molecule has 112 valence electrons. The Labute approximate surface area is 123 Å². The van der Waals surface area contributed by atoms with Crippen molar-refractivity contribution in [1.82, 2.24) is 0 Å². The van der Waals surface area contributed by atoms with E-state index in [0.29, 0.717) is 6.42 Å². The molecule has 2 nitrogen and oxygen atoms in total. The molecule has 0 radical (unpaired) electrons. The molecule has 0 amide bonds. The normalized spacial score (nSPS) is 11.6. The SMILES string of the molecule is CCCCCCCC(=O)c1ccc(O)c(C(C)(C)C)c1. The maximum Gasteiger partial charge on any atom is 0.162 e. The average molecular weight is 276 g/mol. The standard InChI is InChI=1S/C18H28O2/c1-5-6-7-8-9-10-16(19)14-11-12-17(20)15(13-14)18(2,3)4/h11-13,20H,5-10H2,1-4H3. The fourth-order valence-corrected chi connectivity index (χ4v) is 2.34. The minimum Gasteiger partial charge on any atom is -0.508 e. The molecule has 0 spiro atoms. The summed E-state index contributed by atoms with van der Waals surface area (Å²) in [6, 6.07) is 5.23. The van der Waals surface area contributed by atoms with Crippen LogP contribution in [0, 0.1) is 0 Å². The topological polar surface area (TPSA) is 37.3 Å². The number of phenolic OH excluding ortho intramolecular Hbond substituents is 1. The van der Waals surface area contributed by atoms with E-state index in [-0.39, 0.29) is 16.9 Å². The van der Waals surface area contributed by atoms with Crippen LogP contribution in [0.4, 0.5) is 0 Å². The second-order valence-corrected chi connectivity index (χ2v) is 6.57. The van der Waals surface area contributed by atoms with E-state index in [1.54, 1.807) is 12.1 Å². The first-order valence-corrected chi connectivity index (χ1v) is 7.73. The van der Waals surface area contributed by atoms with Crippen LogP contribution in [0.2, 0.25) is 0 Å². The molecular formula is C18H28O2. The largest absolute Gasteiger partial charge is 0.508 e. The molecule has 0 atom stereocenters. The van der Waals surface area contributed by atoms with Crippen molar-refractivity contribution in [2.24, 2.45) is 0 Å². The van der Waals surface area contributed by atoms with E-state index in [1.807, 2.05) is 26.8 Å². The number of carbonyl (C=O) groups is 1. The summed E-state index contributed by atoms with van der Waals surface area (Å²) < 4.78 is 0. The highest BCUT2D eigenvalue weighted by Gasteiger charge is 2.19. The number of unbranched alkanes of at least 4 members (excludes halogenated alkanes) is 4. The summed E-state index contributed by atoms with van der Waals surface area (Å²) in [4.78, 5) is 12.2. The quantitative estimate of drug-likeness (QED) is 0.546. The van der Waals surface area contributed by atoms with Gasteiger partial charge in [-0.3, -0.25) is 4.79 Å². The van der Waals surface area contributed by atoms with Crippen LogP contribution in [0.1, 0.15) is 82.1 Å². The van der Waals surface area contributed by atoms with Gasteiger partial charge < -0.3 is 5.11 Å². The molecule has 0 aliphatic heterocycles. The van der Waals surface area contributed by atoms with Crippen LogP contribution in [-0.2, 0) is 5.41 Å². The van der Waals surface area contributed by atoms with Gasteiger partial charge >= 0.3 is 0 Å². The zero-order chi connectivity index (χ0) is 15.2. The van der Waals surface area contributed by atoms with Crippen LogP contribution < -0.4 is 0 Å². The first-order chi connectivity index (χ1) is 9.36. The van der Waals surface area contributed by atoms with E-state index in [4.69, 9.17) is 0 Å². The van der Waals surface area contributed by atoms with Gasteiger partial charge in [-0.25, -0.2) is 0 Å². The van der Waals surface area contributed by atoms with Crippen LogP contribution in [0.5, 0.6) is 5.75 Å².